The highest BCUT2D eigenvalue weighted by Gasteiger charge is 2.24. The third-order valence-electron chi connectivity index (χ3n) is 4.60. The van der Waals surface area contributed by atoms with E-state index in [2.05, 4.69) is 10.3 Å². The SMILES string of the molecule is Cc1ccc(F)c2nc(C(C)NC(=O)OC(C)(C)C)n(-c3cc(F)cc(C#N)c3)c(=O)c12. The van der Waals surface area contributed by atoms with Gasteiger partial charge in [-0.15, -0.1) is 0 Å². The van der Waals surface area contributed by atoms with Crippen molar-refractivity contribution in [1.82, 2.24) is 14.9 Å². The molecule has 0 aliphatic rings. The van der Waals surface area contributed by atoms with Crippen molar-refractivity contribution in [2.24, 2.45) is 0 Å². The average molecular weight is 440 g/mol. The van der Waals surface area contributed by atoms with Gasteiger partial charge in [-0.3, -0.25) is 9.36 Å². The van der Waals surface area contributed by atoms with E-state index >= 15 is 0 Å². The van der Waals surface area contributed by atoms with Gasteiger partial charge < -0.3 is 10.1 Å². The minimum Gasteiger partial charge on any atom is -0.444 e. The summed E-state index contributed by atoms with van der Waals surface area (Å²) in [6, 6.07) is 6.96. The standard InChI is InChI=1S/C23H22F2N4O3/c1-12-6-7-17(25)19-18(12)21(30)29(16-9-14(11-26)8-15(24)10-16)20(28-19)13(2)27-22(31)32-23(3,4)5/h6-10,13H,1-5H3,(H,27,31). The first kappa shape index (κ1) is 22.9. The number of hydrogen-bond acceptors (Lipinski definition) is 5. The fraction of sp³-hybridized carbons (Fsp3) is 0.304. The van der Waals surface area contributed by atoms with Gasteiger partial charge in [-0.05, 0) is 64.4 Å². The van der Waals surface area contributed by atoms with Gasteiger partial charge in [0.05, 0.1) is 28.7 Å². The number of ether oxygens (including phenoxy) is 1. The average Bonchev–Trinajstić information content (AvgIpc) is 2.68. The van der Waals surface area contributed by atoms with Crippen LogP contribution in [0, 0.1) is 29.9 Å². The summed E-state index contributed by atoms with van der Waals surface area (Å²) in [6.45, 7) is 8.23. The monoisotopic (exact) mass is 440 g/mol. The summed E-state index contributed by atoms with van der Waals surface area (Å²) < 4.78 is 35.1. The van der Waals surface area contributed by atoms with E-state index in [9.17, 15) is 23.6 Å². The Labute approximate surface area is 183 Å². The molecule has 3 rings (SSSR count). The molecule has 0 radical (unpaired) electrons. The van der Waals surface area contributed by atoms with Gasteiger partial charge in [-0.2, -0.15) is 5.26 Å². The second-order valence-corrected chi connectivity index (χ2v) is 8.38. The number of benzene rings is 2. The molecule has 2 aromatic carbocycles. The molecule has 166 valence electrons. The number of alkyl carbamates (subject to hydrolysis) is 1. The number of nitriles is 1. The van der Waals surface area contributed by atoms with Crippen LogP contribution in [0.4, 0.5) is 13.6 Å². The van der Waals surface area contributed by atoms with Crippen LogP contribution in [-0.2, 0) is 4.74 Å². The summed E-state index contributed by atoms with van der Waals surface area (Å²) in [6.07, 6.45) is -0.771. The van der Waals surface area contributed by atoms with Crippen molar-refractivity contribution in [3.8, 4) is 11.8 Å². The van der Waals surface area contributed by atoms with Crippen LogP contribution < -0.4 is 10.9 Å². The zero-order valence-corrected chi connectivity index (χ0v) is 18.3. The van der Waals surface area contributed by atoms with Crippen molar-refractivity contribution in [2.45, 2.75) is 46.3 Å². The van der Waals surface area contributed by atoms with E-state index in [0.29, 0.717) is 5.56 Å². The number of fused-ring (bicyclic) bond motifs is 1. The lowest BCUT2D eigenvalue weighted by Gasteiger charge is -2.23. The Kier molecular flexibility index (Phi) is 5.99. The van der Waals surface area contributed by atoms with E-state index in [1.807, 2.05) is 6.07 Å². The molecule has 0 spiro atoms. The Morgan fingerprint density at radius 1 is 1.25 bits per heavy atom. The lowest BCUT2D eigenvalue weighted by molar-refractivity contribution is 0.0505. The minimum atomic E-state index is -0.921. The van der Waals surface area contributed by atoms with Crippen LogP contribution in [-0.4, -0.2) is 21.2 Å². The summed E-state index contributed by atoms with van der Waals surface area (Å²) in [7, 11) is 0. The number of nitrogens with one attached hydrogen (secondary N) is 1. The van der Waals surface area contributed by atoms with E-state index in [1.54, 1.807) is 27.7 Å². The first-order valence-corrected chi connectivity index (χ1v) is 9.83. The molecular formula is C23H22F2N4O3. The fourth-order valence-electron chi connectivity index (χ4n) is 3.28. The molecule has 1 heterocycles. The third-order valence-corrected chi connectivity index (χ3v) is 4.60. The number of aryl methyl sites for hydroxylation is 1. The van der Waals surface area contributed by atoms with Gasteiger partial charge in [0.25, 0.3) is 5.56 Å². The minimum absolute atomic E-state index is 0.0123. The number of amides is 1. The molecule has 1 N–H and O–H groups in total. The van der Waals surface area contributed by atoms with Crippen molar-refractivity contribution in [3.05, 3.63) is 69.3 Å². The molecule has 1 unspecified atom stereocenters. The van der Waals surface area contributed by atoms with Crippen molar-refractivity contribution in [1.29, 1.82) is 5.26 Å². The van der Waals surface area contributed by atoms with Gasteiger partial charge in [0.15, 0.2) is 0 Å². The van der Waals surface area contributed by atoms with Crippen molar-refractivity contribution >= 4 is 17.0 Å². The second kappa shape index (κ2) is 8.38. The van der Waals surface area contributed by atoms with E-state index < -0.39 is 34.9 Å². The molecule has 1 amide bonds. The summed E-state index contributed by atoms with van der Waals surface area (Å²) in [5, 5.41) is 11.8. The highest BCUT2D eigenvalue weighted by atomic mass is 19.1. The van der Waals surface area contributed by atoms with Crippen LogP contribution >= 0.6 is 0 Å². The van der Waals surface area contributed by atoms with Crippen molar-refractivity contribution < 1.29 is 18.3 Å². The molecule has 0 aliphatic carbocycles. The smallest absolute Gasteiger partial charge is 0.408 e. The number of aromatic nitrogens is 2. The number of nitrogens with zero attached hydrogens (tertiary/aromatic N) is 3. The summed E-state index contributed by atoms with van der Waals surface area (Å²) >= 11 is 0. The van der Waals surface area contributed by atoms with Gasteiger partial charge >= 0.3 is 6.09 Å². The first-order chi connectivity index (χ1) is 14.9. The zero-order valence-electron chi connectivity index (χ0n) is 18.3. The predicted octanol–water partition coefficient (Wildman–Crippen LogP) is 4.43. The maximum atomic E-state index is 14.6. The quantitative estimate of drug-likeness (QED) is 0.650. The molecule has 1 aromatic heterocycles. The third kappa shape index (κ3) is 4.59. The zero-order chi connectivity index (χ0) is 23.8. The van der Waals surface area contributed by atoms with Crippen LogP contribution in [0.3, 0.4) is 0 Å². The summed E-state index contributed by atoms with van der Waals surface area (Å²) in [5.74, 6) is -1.49. The molecule has 1 atom stereocenters. The molecule has 0 bridgehead atoms. The van der Waals surface area contributed by atoms with E-state index in [-0.39, 0.29) is 28.0 Å². The Hall–Kier alpha value is -3.80. The number of halogens is 2. The molecule has 9 heteroatoms. The number of carbonyl (C=O) groups is 1. The predicted molar refractivity (Wildman–Crippen MR) is 114 cm³/mol. The Morgan fingerprint density at radius 2 is 1.94 bits per heavy atom. The van der Waals surface area contributed by atoms with E-state index in [4.69, 9.17) is 4.74 Å². The maximum Gasteiger partial charge on any atom is 0.408 e. The Balaban J connectivity index is 2.29. The fourth-order valence-corrected chi connectivity index (χ4v) is 3.28. The molecule has 0 saturated carbocycles. The maximum absolute atomic E-state index is 14.6. The highest BCUT2D eigenvalue weighted by molar-refractivity contribution is 5.82. The molecule has 0 aliphatic heterocycles. The first-order valence-electron chi connectivity index (χ1n) is 9.83. The van der Waals surface area contributed by atoms with Crippen LogP contribution in [0.1, 0.15) is 50.7 Å². The lowest BCUT2D eigenvalue weighted by Crippen LogP contribution is -2.37. The molecule has 32 heavy (non-hydrogen) atoms. The van der Waals surface area contributed by atoms with Crippen LogP contribution in [0.5, 0.6) is 0 Å². The number of hydrogen-bond donors (Lipinski definition) is 1. The Morgan fingerprint density at radius 3 is 2.56 bits per heavy atom. The lowest BCUT2D eigenvalue weighted by atomic mass is 10.1. The van der Waals surface area contributed by atoms with Crippen LogP contribution in [0.2, 0.25) is 0 Å². The molecule has 0 saturated heterocycles. The number of carbonyl (C=O) groups excluding carboxylic acids is 1. The highest BCUT2D eigenvalue weighted by Crippen LogP contribution is 2.23. The number of rotatable bonds is 3. The van der Waals surface area contributed by atoms with Crippen LogP contribution in [0.15, 0.2) is 35.1 Å². The largest absolute Gasteiger partial charge is 0.444 e. The van der Waals surface area contributed by atoms with E-state index in [1.165, 1.54) is 25.1 Å². The topological polar surface area (TPSA) is 97.0 Å². The molecular weight excluding hydrogens is 418 g/mol. The normalized spacial score (nSPS) is 12.3. The molecule has 7 nitrogen and oxygen atoms in total. The summed E-state index contributed by atoms with van der Waals surface area (Å²) in [5.41, 5.74) is -1.11. The van der Waals surface area contributed by atoms with Gasteiger partial charge in [-0.25, -0.2) is 18.6 Å². The molecule has 3 aromatic rings. The van der Waals surface area contributed by atoms with Crippen LogP contribution in [0.25, 0.3) is 16.6 Å². The van der Waals surface area contributed by atoms with Gasteiger partial charge in [0.2, 0.25) is 0 Å². The van der Waals surface area contributed by atoms with Gasteiger partial charge in [0.1, 0.15) is 28.6 Å². The van der Waals surface area contributed by atoms with Gasteiger partial charge in [-0.1, -0.05) is 6.07 Å². The van der Waals surface area contributed by atoms with Gasteiger partial charge in [0, 0.05) is 0 Å². The van der Waals surface area contributed by atoms with Crippen molar-refractivity contribution in [2.75, 3.05) is 0 Å². The summed E-state index contributed by atoms with van der Waals surface area (Å²) in [4.78, 5) is 30.1. The Bertz CT molecular complexity index is 1320. The van der Waals surface area contributed by atoms with Crippen molar-refractivity contribution in [3.63, 3.8) is 0 Å². The van der Waals surface area contributed by atoms with E-state index in [0.717, 1.165) is 16.7 Å². The molecule has 0 fully saturated rings. The second-order valence-electron chi connectivity index (χ2n) is 8.38.